The van der Waals surface area contributed by atoms with Gasteiger partial charge in [-0.25, -0.2) is 13.1 Å². The molecule has 0 radical (unpaired) electrons. The maximum atomic E-state index is 12.2. The highest BCUT2D eigenvalue weighted by Gasteiger charge is 2.29. The van der Waals surface area contributed by atoms with Crippen LogP contribution < -0.4 is 10.5 Å². The van der Waals surface area contributed by atoms with Crippen LogP contribution in [0.15, 0.2) is 23.1 Å². The molecular formula is C13H20N2O2S. The fourth-order valence-corrected chi connectivity index (χ4v) is 3.63. The van der Waals surface area contributed by atoms with Crippen molar-refractivity contribution < 1.29 is 8.42 Å². The Morgan fingerprint density at radius 2 is 2.06 bits per heavy atom. The molecule has 3 N–H and O–H groups in total. The molecule has 0 spiro atoms. The minimum Gasteiger partial charge on any atom is -0.326 e. The Balaban J connectivity index is 2.19. The number of benzene rings is 1. The highest BCUT2D eigenvalue weighted by molar-refractivity contribution is 7.89. The predicted molar refractivity (Wildman–Crippen MR) is 71.6 cm³/mol. The van der Waals surface area contributed by atoms with Crippen molar-refractivity contribution >= 4 is 10.0 Å². The molecule has 0 aliphatic heterocycles. The second kappa shape index (κ2) is 4.99. The first-order valence-electron chi connectivity index (χ1n) is 6.24. The largest absolute Gasteiger partial charge is 0.326 e. The van der Waals surface area contributed by atoms with Gasteiger partial charge in [-0.2, -0.15) is 0 Å². The SMILES string of the molecule is Cc1ccc(S(=O)(=O)NC2CC(C)C2)cc1CN. The maximum absolute atomic E-state index is 12.2. The molecule has 1 saturated carbocycles. The normalized spacial score (nSPS) is 23.7. The van der Waals surface area contributed by atoms with Crippen LogP contribution in [0.4, 0.5) is 0 Å². The van der Waals surface area contributed by atoms with Crippen molar-refractivity contribution in [3.63, 3.8) is 0 Å². The third-order valence-corrected chi connectivity index (χ3v) is 5.06. The van der Waals surface area contributed by atoms with Crippen LogP contribution in [0.1, 0.15) is 30.9 Å². The second-order valence-corrected chi connectivity index (χ2v) is 6.90. The average Bonchev–Trinajstić information content (AvgIpc) is 2.27. The van der Waals surface area contributed by atoms with Crippen LogP contribution in [-0.4, -0.2) is 14.5 Å². The average molecular weight is 268 g/mol. The van der Waals surface area contributed by atoms with E-state index >= 15 is 0 Å². The van der Waals surface area contributed by atoms with Gasteiger partial charge in [0.1, 0.15) is 0 Å². The molecule has 1 aliphatic carbocycles. The lowest BCUT2D eigenvalue weighted by Gasteiger charge is -2.32. The van der Waals surface area contributed by atoms with Crippen molar-refractivity contribution in [3.05, 3.63) is 29.3 Å². The number of hydrogen-bond acceptors (Lipinski definition) is 3. The van der Waals surface area contributed by atoms with E-state index in [1.807, 2.05) is 6.92 Å². The summed E-state index contributed by atoms with van der Waals surface area (Å²) < 4.78 is 27.1. The first-order valence-corrected chi connectivity index (χ1v) is 7.72. The molecule has 0 amide bonds. The van der Waals surface area contributed by atoms with Crippen molar-refractivity contribution in [2.45, 2.75) is 44.2 Å². The number of rotatable bonds is 4. The Bertz CT molecular complexity index is 534. The zero-order valence-electron chi connectivity index (χ0n) is 10.8. The zero-order valence-corrected chi connectivity index (χ0v) is 11.6. The minimum atomic E-state index is -3.40. The molecule has 18 heavy (non-hydrogen) atoms. The van der Waals surface area contributed by atoms with Crippen molar-refractivity contribution in [2.24, 2.45) is 11.7 Å². The van der Waals surface area contributed by atoms with Gasteiger partial charge in [0.05, 0.1) is 4.90 Å². The van der Waals surface area contributed by atoms with Crippen molar-refractivity contribution in [1.82, 2.24) is 4.72 Å². The Morgan fingerprint density at radius 3 is 2.61 bits per heavy atom. The van der Waals surface area contributed by atoms with Gasteiger partial charge in [-0.1, -0.05) is 13.0 Å². The Kier molecular flexibility index (Phi) is 3.75. The number of nitrogens with one attached hydrogen (secondary N) is 1. The second-order valence-electron chi connectivity index (χ2n) is 5.19. The van der Waals surface area contributed by atoms with Crippen molar-refractivity contribution in [2.75, 3.05) is 0 Å². The van der Waals surface area contributed by atoms with Gasteiger partial charge in [0.25, 0.3) is 0 Å². The number of hydrogen-bond donors (Lipinski definition) is 2. The molecule has 5 heteroatoms. The molecule has 100 valence electrons. The fourth-order valence-electron chi connectivity index (χ4n) is 2.32. The molecular weight excluding hydrogens is 248 g/mol. The zero-order chi connectivity index (χ0) is 13.3. The first kappa shape index (κ1) is 13.5. The van der Waals surface area contributed by atoms with E-state index in [4.69, 9.17) is 5.73 Å². The van der Waals surface area contributed by atoms with Crippen LogP contribution in [0.25, 0.3) is 0 Å². The van der Waals surface area contributed by atoms with Gasteiger partial charge in [0.15, 0.2) is 0 Å². The van der Waals surface area contributed by atoms with E-state index in [1.165, 1.54) is 0 Å². The molecule has 0 saturated heterocycles. The van der Waals surface area contributed by atoms with Gasteiger partial charge >= 0.3 is 0 Å². The predicted octanol–water partition coefficient (Wildman–Crippen LogP) is 1.53. The number of aryl methyl sites for hydroxylation is 1. The van der Waals surface area contributed by atoms with Crippen LogP contribution >= 0.6 is 0 Å². The van der Waals surface area contributed by atoms with E-state index in [1.54, 1.807) is 18.2 Å². The summed E-state index contributed by atoms with van der Waals surface area (Å²) in [5, 5.41) is 0. The quantitative estimate of drug-likeness (QED) is 0.870. The lowest BCUT2D eigenvalue weighted by Crippen LogP contribution is -2.43. The lowest BCUT2D eigenvalue weighted by molar-refractivity contribution is 0.270. The van der Waals surface area contributed by atoms with Crippen molar-refractivity contribution in [1.29, 1.82) is 0 Å². The molecule has 0 unspecified atom stereocenters. The summed E-state index contributed by atoms with van der Waals surface area (Å²) in [5.74, 6) is 0.621. The monoisotopic (exact) mass is 268 g/mol. The standard InChI is InChI=1S/C13H20N2O2S/c1-9-5-12(6-9)15-18(16,17)13-4-3-10(2)11(7-13)8-14/h3-4,7,9,12,15H,5-6,8,14H2,1-2H3. The van der Waals surface area contributed by atoms with Crippen LogP contribution in [0.5, 0.6) is 0 Å². The molecule has 4 nitrogen and oxygen atoms in total. The molecule has 0 aromatic heterocycles. The van der Waals surface area contributed by atoms with Gasteiger partial charge in [-0.05, 0) is 48.9 Å². The summed E-state index contributed by atoms with van der Waals surface area (Å²) in [4.78, 5) is 0.313. The Labute approximate surface area is 109 Å². The third kappa shape index (κ3) is 2.74. The highest BCUT2D eigenvalue weighted by Crippen LogP contribution is 2.28. The van der Waals surface area contributed by atoms with Crippen LogP contribution in [0, 0.1) is 12.8 Å². The first-order chi connectivity index (χ1) is 8.42. The summed E-state index contributed by atoms with van der Waals surface area (Å²) in [5.41, 5.74) is 7.50. The van der Waals surface area contributed by atoms with Crippen LogP contribution in [-0.2, 0) is 16.6 Å². The van der Waals surface area contributed by atoms with Gasteiger partial charge in [-0.15, -0.1) is 0 Å². The van der Waals surface area contributed by atoms with E-state index in [-0.39, 0.29) is 6.04 Å². The maximum Gasteiger partial charge on any atom is 0.240 e. The van der Waals surface area contributed by atoms with Crippen LogP contribution in [0.2, 0.25) is 0 Å². The van der Waals surface area contributed by atoms with Crippen LogP contribution in [0.3, 0.4) is 0 Å². The lowest BCUT2D eigenvalue weighted by atomic mass is 9.83. The number of nitrogens with two attached hydrogens (primary N) is 1. The van der Waals surface area contributed by atoms with E-state index in [9.17, 15) is 8.42 Å². The van der Waals surface area contributed by atoms with Gasteiger partial charge in [-0.3, -0.25) is 0 Å². The Hall–Kier alpha value is -0.910. The summed E-state index contributed by atoms with van der Waals surface area (Å²) >= 11 is 0. The van der Waals surface area contributed by atoms with E-state index in [2.05, 4.69) is 11.6 Å². The molecule has 1 aromatic carbocycles. The van der Waals surface area contributed by atoms with E-state index < -0.39 is 10.0 Å². The molecule has 0 bridgehead atoms. The fraction of sp³-hybridized carbons (Fsp3) is 0.538. The molecule has 1 aromatic rings. The summed E-state index contributed by atoms with van der Waals surface area (Å²) in [6.45, 7) is 4.42. The highest BCUT2D eigenvalue weighted by atomic mass is 32.2. The molecule has 1 aliphatic rings. The Morgan fingerprint density at radius 1 is 1.39 bits per heavy atom. The van der Waals surface area contributed by atoms with E-state index in [0.717, 1.165) is 24.0 Å². The molecule has 1 fully saturated rings. The molecule has 2 rings (SSSR count). The summed E-state index contributed by atoms with van der Waals surface area (Å²) in [6.07, 6.45) is 1.85. The molecule has 0 heterocycles. The van der Waals surface area contributed by atoms with E-state index in [0.29, 0.717) is 17.4 Å². The van der Waals surface area contributed by atoms with Crippen molar-refractivity contribution in [3.8, 4) is 0 Å². The summed E-state index contributed by atoms with van der Waals surface area (Å²) in [6, 6.07) is 5.20. The van der Waals surface area contributed by atoms with Gasteiger partial charge in [0.2, 0.25) is 10.0 Å². The van der Waals surface area contributed by atoms with Gasteiger partial charge < -0.3 is 5.73 Å². The third-order valence-electron chi connectivity index (χ3n) is 3.55. The minimum absolute atomic E-state index is 0.0904. The smallest absolute Gasteiger partial charge is 0.240 e. The number of sulfonamides is 1. The molecule has 0 atom stereocenters. The summed E-state index contributed by atoms with van der Waals surface area (Å²) in [7, 11) is -3.40. The van der Waals surface area contributed by atoms with Gasteiger partial charge in [0, 0.05) is 12.6 Å². The topological polar surface area (TPSA) is 72.2 Å².